The summed E-state index contributed by atoms with van der Waals surface area (Å²) in [4.78, 5) is 22.0. The first-order chi connectivity index (χ1) is 9.97. The number of carbonyl (C=O) groups excluding carboxylic acids is 2. The molecule has 0 radical (unpaired) electrons. The van der Waals surface area contributed by atoms with Crippen LogP contribution < -0.4 is 5.32 Å². The molecule has 0 fully saturated rings. The third-order valence-electron chi connectivity index (χ3n) is 2.24. The Balaban J connectivity index is 3.75. The summed E-state index contributed by atoms with van der Waals surface area (Å²) >= 11 is 0. The molecular formula is C12H16F5NO4. The lowest BCUT2D eigenvalue weighted by Gasteiger charge is -2.19. The van der Waals surface area contributed by atoms with Crippen LogP contribution >= 0.6 is 0 Å². The Bertz CT molecular complexity index is 409. The first kappa shape index (κ1) is 20.1. The van der Waals surface area contributed by atoms with Crippen LogP contribution in [0.1, 0.15) is 19.8 Å². The molecule has 128 valence electrons. The Morgan fingerprint density at radius 1 is 1.09 bits per heavy atom. The van der Waals surface area contributed by atoms with Crippen molar-refractivity contribution in [2.24, 2.45) is 0 Å². The van der Waals surface area contributed by atoms with E-state index in [1.54, 1.807) is 0 Å². The second-order valence-electron chi connectivity index (χ2n) is 4.28. The van der Waals surface area contributed by atoms with Crippen LogP contribution in [-0.4, -0.2) is 43.9 Å². The minimum Gasteiger partial charge on any atom is -0.460 e. The van der Waals surface area contributed by atoms with Gasteiger partial charge in [0.1, 0.15) is 6.61 Å². The molecule has 0 saturated carbocycles. The standard InChI is InChI=1S/C12H16F5NO4/c1-8(2)9(19)21-7-5-18-10(20)22-6-3-4-11(13,14)12(15,16)17/h1,3-7H2,2H3,(H,18,20). The summed E-state index contributed by atoms with van der Waals surface area (Å²) in [6.45, 7) is 3.90. The number of rotatable bonds is 8. The maximum Gasteiger partial charge on any atom is 0.453 e. The summed E-state index contributed by atoms with van der Waals surface area (Å²) in [5.41, 5.74) is 0.174. The van der Waals surface area contributed by atoms with Crippen molar-refractivity contribution in [1.29, 1.82) is 0 Å². The second kappa shape index (κ2) is 8.54. The number of alkyl halides is 5. The molecule has 0 unspecified atom stereocenters. The lowest BCUT2D eigenvalue weighted by molar-refractivity contribution is -0.284. The first-order valence-corrected chi connectivity index (χ1v) is 6.15. The number of esters is 1. The van der Waals surface area contributed by atoms with E-state index in [4.69, 9.17) is 0 Å². The number of alkyl carbamates (subject to hydrolysis) is 1. The molecule has 10 heteroatoms. The van der Waals surface area contributed by atoms with Crippen LogP contribution in [0.25, 0.3) is 0 Å². The SMILES string of the molecule is C=C(C)C(=O)OCCNC(=O)OCCCC(F)(F)C(F)(F)F. The highest BCUT2D eigenvalue weighted by atomic mass is 19.4. The highest BCUT2D eigenvalue weighted by Gasteiger charge is 2.56. The summed E-state index contributed by atoms with van der Waals surface area (Å²) < 4.78 is 69.5. The van der Waals surface area contributed by atoms with Gasteiger partial charge >= 0.3 is 24.2 Å². The topological polar surface area (TPSA) is 64.6 Å². The highest BCUT2D eigenvalue weighted by Crippen LogP contribution is 2.38. The normalized spacial score (nSPS) is 11.7. The molecule has 0 spiro atoms. The van der Waals surface area contributed by atoms with Crippen molar-refractivity contribution in [2.75, 3.05) is 19.8 Å². The molecule has 22 heavy (non-hydrogen) atoms. The van der Waals surface area contributed by atoms with Crippen molar-refractivity contribution in [3.8, 4) is 0 Å². The number of hydrogen-bond donors (Lipinski definition) is 1. The summed E-state index contributed by atoms with van der Waals surface area (Å²) in [6, 6.07) is 0. The van der Waals surface area contributed by atoms with Crippen molar-refractivity contribution in [1.82, 2.24) is 5.32 Å². The molecular weight excluding hydrogens is 317 g/mol. The van der Waals surface area contributed by atoms with Crippen LogP contribution in [0.2, 0.25) is 0 Å². The van der Waals surface area contributed by atoms with Gasteiger partial charge in [0.25, 0.3) is 0 Å². The summed E-state index contributed by atoms with van der Waals surface area (Å²) in [7, 11) is 0. The molecule has 0 atom stereocenters. The van der Waals surface area contributed by atoms with Gasteiger partial charge in [-0.05, 0) is 13.3 Å². The summed E-state index contributed by atoms with van der Waals surface area (Å²) in [5, 5.41) is 2.13. The molecule has 5 nitrogen and oxygen atoms in total. The second-order valence-corrected chi connectivity index (χ2v) is 4.28. The molecule has 0 rings (SSSR count). The number of ether oxygens (including phenoxy) is 2. The van der Waals surface area contributed by atoms with Gasteiger partial charge in [-0.15, -0.1) is 0 Å². The van der Waals surface area contributed by atoms with E-state index in [1.807, 2.05) is 0 Å². The smallest absolute Gasteiger partial charge is 0.453 e. The fourth-order valence-electron chi connectivity index (χ4n) is 1.07. The summed E-state index contributed by atoms with van der Waals surface area (Å²) in [6.07, 6.45) is -8.76. The predicted octanol–water partition coefficient (Wildman–Crippen LogP) is 2.81. The fourth-order valence-corrected chi connectivity index (χ4v) is 1.07. The van der Waals surface area contributed by atoms with E-state index in [1.165, 1.54) is 6.92 Å². The number of carbonyl (C=O) groups is 2. The van der Waals surface area contributed by atoms with Gasteiger partial charge in [0.05, 0.1) is 13.2 Å². The molecule has 0 aromatic rings. The highest BCUT2D eigenvalue weighted by molar-refractivity contribution is 5.86. The summed E-state index contributed by atoms with van der Waals surface area (Å²) in [5.74, 6) is -5.46. The Morgan fingerprint density at radius 3 is 2.18 bits per heavy atom. The molecule has 0 aliphatic heterocycles. The van der Waals surface area contributed by atoms with Crippen molar-refractivity contribution < 1.29 is 41.0 Å². The van der Waals surface area contributed by atoms with Crippen molar-refractivity contribution in [2.45, 2.75) is 31.9 Å². The lowest BCUT2D eigenvalue weighted by Crippen LogP contribution is -2.36. The minimum atomic E-state index is -5.62. The molecule has 0 heterocycles. The van der Waals surface area contributed by atoms with E-state index in [2.05, 4.69) is 21.4 Å². The molecule has 0 bridgehead atoms. The van der Waals surface area contributed by atoms with Crippen molar-refractivity contribution in [3.63, 3.8) is 0 Å². The Hall–Kier alpha value is -1.87. The van der Waals surface area contributed by atoms with Crippen LogP contribution in [0, 0.1) is 0 Å². The molecule has 0 aromatic heterocycles. The molecule has 0 aromatic carbocycles. The minimum absolute atomic E-state index is 0.101. The van der Waals surface area contributed by atoms with Gasteiger partial charge in [-0.3, -0.25) is 0 Å². The predicted molar refractivity (Wildman–Crippen MR) is 65.4 cm³/mol. The number of hydrogen-bond acceptors (Lipinski definition) is 4. The zero-order valence-corrected chi connectivity index (χ0v) is 11.8. The van der Waals surface area contributed by atoms with Crippen LogP contribution in [0.15, 0.2) is 12.2 Å². The molecule has 1 N–H and O–H groups in total. The van der Waals surface area contributed by atoms with Gasteiger partial charge < -0.3 is 14.8 Å². The van der Waals surface area contributed by atoms with Gasteiger partial charge in [0.2, 0.25) is 0 Å². The van der Waals surface area contributed by atoms with Gasteiger partial charge in [0, 0.05) is 12.0 Å². The number of halogens is 5. The third kappa shape index (κ3) is 7.79. The van der Waals surface area contributed by atoms with Crippen LogP contribution in [0.4, 0.5) is 26.7 Å². The van der Waals surface area contributed by atoms with Gasteiger partial charge in [-0.2, -0.15) is 22.0 Å². The lowest BCUT2D eigenvalue weighted by atomic mass is 10.2. The largest absolute Gasteiger partial charge is 0.460 e. The maximum atomic E-state index is 12.5. The van der Waals surface area contributed by atoms with Gasteiger partial charge in [-0.25, -0.2) is 9.59 Å². The molecule has 0 aliphatic rings. The quantitative estimate of drug-likeness (QED) is 0.321. The molecule has 0 saturated heterocycles. The van der Waals surface area contributed by atoms with Crippen LogP contribution in [0.3, 0.4) is 0 Å². The van der Waals surface area contributed by atoms with Gasteiger partial charge in [-0.1, -0.05) is 6.58 Å². The van der Waals surface area contributed by atoms with Crippen molar-refractivity contribution in [3.05, 3.63) is 12.2 Å². The van der Waals surface area contributed by atoms with E-state index in [9.17, 15) is 31.5 Å². The maximum absolute atomic E-state index is 12.5. The Labute approximate surface area is 123 Å². The zero-order valence-electron chi connectivity index (χ0n) is 11.8. The Kier molecular flexibility index (Phi) is 7.82. The van der Waals surface area contributed by atoms with E-state index in [0.29, 0.717) is 0 Å². The molecule has 0 aliphatic carbocycles. The van der Waals surface area contributed by atoms with E-state index in [-0.39, 0.29) is 18.7 Å². The Morgan fingerprint density at radius 2 is 1.68 bits per heavy atom. The van der Waals surface area contributed by atoms with Crippen LogP contribution in [-0.2, 0) is 14.3 Å². The molecule has 1 amide bonds. The van der Waals surface area contributed by atoms with E-state index >= 15 is 0 Å². The first-order valence-electron chi connectivity index (χ1n) is 6.15. The van der Waals surface area contributed by atoms with E-state index in [0.717, 1.165) is 0 Å². The average Bonchev–Trinajstić information content (AvgIpc) is 2.38. The zero-order chi connectivity index (χ0) is 17.4. The number of nitrogens with one attached hydrogen (secondary N) is 1. The monoisotopic (exact) mass is 333 g/mol. The average molecular weight is 333 g/mol. The number of amides is 1. The third-order valence-corrected chi connectivity index (χ3v) is 2.24. The van der Waals surface area contributed by atoms with Crippen molar-refractivity contribution >= 4 is 12.1 Å². The van der Waals surface area contributed by atoms with E-state index < -0.39 is 43.6 Å². The fraction of sp³-hybridized carbons (Fsp3) is 0.667. The van der Waals surface area contributed by atoms with Gasteiger partial charge in [0.15, 0.2) is 0 Å². The van der Waals surface area contributed by atoms with Crippen LogP contribution in [0.5, 0.6) is 0 Å².